The van der Waals surface area contributed by atoms with Gasteiger partial charge in [0, 0.05) is 24.7 Å². The third-order valence-corrected chi connectivity index (χ3v) is 7.19. The lowest BCUT2D eigenvalue weighted by Crippen LogP contribution is -2.41. The van der Waals surface area contributed by atoms with E-state index in [0.29, 0.717) is 54.9 Å². The Morgan fingerprint density at radius 1 is 1.17 bits per heavy atom. The van der Waals surface area contributed by atoms with E-state index in [9.17, 15) is 13.2 Å². The van der Waals surface area contributed by atoms with Crippen molar-refractivity contribution in [3.05, 3.63) is 53.6 Å². The van der Waals surface area contributed by atoms with Gasteiger partial charge in [0.05, 0.1) is 16.5 Å². The zero-order valence-corrected chi connectivity index (χ0v) is 18.7. The summed E-state index contributed by atoms with van der Waals surface area (Å²) in [5.74, 6) is 0.598. The molecule has 1 saturated heterocycles. The fourth-order valence-corrected chi connectivity index (χ4v) is 5.02. The van der Waals surface area contributed by atoms with Gasteiger partial charge in [-0.25, -0.2) is 8.42 Å². The first-order chi connectivity index (χ1) is 14.3. The first-order valence-electron chi connectivity index (χ1n) is 10.1. The van der Waals surface area contributed by atoms with Crippen LogP contribution in [0.2, 0.25) is 5.02 Å². The maximum Gasteiger partial charge on any atom is 0.243 e. The minimum absolute atomic E-state index is 0.126. The monoisotopic (exact) mass is 450 g/mol. The largest absolute Gasteiger partial charge is 0.492 e. The fraction of sp³-hybridized carbons (Fsp3) is 0.409. The van der Waals surface area contributed by atoms with Gasteiger partial charge in [-0.15, -0.1) is 0 Å². The highest BCUT2D eigenvalue weighted by Gasteiger charge is 2.32. The normalized spacial score (nSPS) is 15.9. The van der Waals surface area contributed by atoms with Crippen molar-refractivity contribution in [3.63, 3.8) is 0 Å². The van der Waals surface area contributed by atoms with Crippen LogP contribution < -0.4 is 10.1 Å². The number of nitrogens with one attached hydrogen (secondary N) is 1. The number of ether oxygens (including phenoxy) is 1. The number of benzene rings is 2. The third-order valence-electron chi connectivity index (χ3n) is 4.98. The third kappa shape index (κ3) is 5.53. The Labute approximate surface area is 183 Å². The summed E-state index contributed by atoms with van der Waals surface area (Å²) in [6.45, 7) is 5.31. The van der Waals surface area contributed by atoms with Gasteiger partial charge < -0.3 is 10.1 Å². The summed E-state index contributed by atoms with van der Waals surface area (Å²) in [5, 5.41) is 3.32. The van der Waals surface area contributed by atoms with E-state index in [1.807, 2.05) is 0 Å². The van der Waals surface area contributed by atoms with Gasteiger partial charge in [-0.3, -0.25) is 4.79 Å². The van der Waals surface area contributed by atoms with E-state index in [4.69, 9.17) is 16.3 Å². The fourth-order valence-electron chi connectivity index (χ4n) is 3.30. The van der Waals surface area contributed by atoms with Crippen LogP contribution in [0.15, 0.2) is 53.4 Å². The summed E-state index contributed by atoms with van der Waals surface area (Å²) >= 11 is 6.26. The Hall–Kier alpha value is -2.09. The highest BCUT2D eigenvalue weighted by molar-refractivity contribution is 7.89. The second kappa shape index (κ2) is 9.81. The van der Waals surface area contributed by atoms with Crippen molar-refractivity contribution in [1.29, 1.82) is 0 Å². The topological polar surface area (TPSA) is 75.7 Å². The molecule has 1 fully saturated rings. The van der Waals surface area contributed by atoms with E-state index in [1.165, 1.54) is 4.31 Å². The standard InChI is InChI=1S/C22H27ClN2O4S/c1-16(2)15-29-21-9-8-18(14-20(21)23)24-22(26)17-10-12-25(13-11-17)30(27,28)19-6-4-3-5-7-19/h3-9,14,16-17H,10-13,15H2,1-2H3,(H,24,26). The quantitative estimate of drug-likeness (QED) is 0.677. The lowest BCUT2D eigenvalue weighted by Gasteiger charge is -2.30. The van der Waals surface area contributed by atoms with Gasteiger partial charge in [0.1, 0.15) is 5.75 Å². The maximum atomic E-state index is 12.7. The van der Waals surface area contributed by atoms with E-state index in [0.717, 1.165) is 0 Å². The molecular formula is C22H27ClN2O4S. The number of hydrogen-bond donors (Lipinski definition) is 1. The molecule has 0 radical (unpaired) electrons. The number of halogens is 1. The zero-order valence-electron chi connectivity index (χ0n) is 17.2. The summed E-state index contributed by atoms with van der Waals surface area (Å²) in [5.41, 5.74) is 0.598. The van der Waals surface area contributed by atoms with Crippen LogP contribution in [0.3, 0.4) is 0 Å². The van der Waals surface area contributed by atoms with E-state index < -0.39 is 10.0 Å². The van der Waals surface area contributed by atoms with Crippen molar-refractivity contribution < 1.29 is 17.9 Å². The molecule has 6 nitrogen and oxygen atoms in total. The molecule has 0 bridgehead atoms. The van der Waals surface area contributed by atoms with Crippen LogP contribution in [0.5, 0.6) is 5.75 Å². The molecule has 162 valence electrons. The number of amides is 1. The first kappa shape index (κ1) is 22.6. The maximum absolute atomic E-state index is 12.7. The molecular weight excluding hydrogens is 424 g/mol. The summed E-state index contributed by atoms with van der Waals surface area (Å²) in [6, 6.07) is 13.5. The molecule has 2 aromatic rings. The smallest absolute Gasteiger partial charge is 0.243 e. The second-order valence-corrected chi connectivity index (χ2v) is 10.2. The Balaban J connectivity index is 1.56. The van der Waals surface area contributed by atoms with Gasteiger partial charge in [0.2, 0.25) is 15.9 Å². The van der Waals surface area contributed by atoms with E-state index in [1.54, 1.807) is 48.5 Å². The molecule has 0 aromatic heterocycles. The minimum atomic E-state index is -3.52. The van der Waals surface area contributed by atoms with Crippen LogP contribution in [0.1, 0.15) is 26.7 Å². The summed E-state index contributed by atoms with van der Waals surface area (Å²) < 4.78 is 32.5. The van der Waals surface area contributed by atoms with Gasteiger partial charge in [0.25, 0.3) is 0 Å². The molecule has 0 atom stereocenters. The van der Waals surface area contributed by atoms with Crippen molar-refractivity contribution >= 4 is 33.2 Å². The molecule has 3 rings (SSSR count). The Bertz CT molecular complexity index is 972. The average Bonchev–Trinajstić information content (AvgIpc) is 2.73. The molecule has 1 N–H and O–H groups in total. The second-order valence-electron chi connectivity index (χ2n) is 7.83. The predicted octanol–water partition coefficient (Wildman–Crippen LogP) is 4.41. The van der Waals surface area contributed by atoms with Crippen molar-refractivity contribution in [2.24, 2.45) is 11.8 Å². The highest BCUT2D eigenvalue weighted by Crippen LogP contribution is 2.29. The van der Waals surface area contributed by atoms with Gasteiger partial charge in [-0.05, 0) is 49.1 Å². The Kier molecular flexibility index (Phi) is 7.39. The molecule has 2 aromatic carbocycles. The predicted molar refractivity (Wildman–Crippen MR) is 118 cm³/mol. The first-order valence-corrected chi connectivity index (χ1v) is 11.9. The number of carbonyl (C=O) groups is 1. The van der Waals surface area contributed by atoms with Gasteiger partial charge in [0.15, 0.2) is 0 Å². The number of anilines is 1. The van der Waals surface area contributed by atoms with E-state index in [2.05, 4.69) is 19.2 Å². The van der Waals surface area contributed by atoms with Crippen LogP contribution in [-0.4, -0.2) is 38.3 Å². The van der Waals surface area contributed by atoms with Crippen molar-refractivity contribution in [1.82, 2.24) is 4.31 Å². The molecule has 1 amide bonds. The Morgan fingerprint density at radius 2 is 1.83 bits per heavy atom. The number of sulfonamides is 1. The molecule has 1 aliphatic heterocycles. The number of nitrogens with zero attached hydrogens (tertiary/aromatic N) is 1. The lowest BCUT2D eigenvalue weighted by molar-refractivity contribution is -0.120. The molecule has 0 spiro atoms. The Morgan fingerprint density at radius 3 is 2.43 bits per heavy atom. The zero-order chi connectivity index (χ0) is 21.7. The molecule has 0 unspecified atom stereocenters. The summed E-state index contributed by atoms with van der Waals surface area (Å²) in [4.78, 5) is 12.9. The average molecular weight is 451 g/mol. The molecule has 1 heterocycles. The van der Waals surface area contributed by atoms with Crippen LogP contribution in [-0.2, 0) is 14.8 Å². The van der Waals surface area contributed by atoms with E-state index in [-0.39, 0.29) is 16.7 Å². The summed E-state index contributed by atoms with van der Waals surface area (Å²) in [7, 11) is -3.52. The minimum Gasteiger partial charge on any atom is -0.492 e. The van der Waals surface area contributed by atoms with Gasteiger partial charge >= 0.3 is 0 Å². The molecule has 0 aliphatic carbocycles. The lowest BCUT2D eigenvalue weighted by atomic mass is 9.97. The molecule has 30 heavy (non-hydrogen) atoms. The SMILES string of the molecule is CC(C)COc1ccc(NC(=O)C2CCN(S(=O)(=O)c3ccccc3)CC2)cc1Cl. The van der Waals surface area contributed by atoms with Gasteiger partial charge in [-0.2, -0.15) is 4.31 Å². The van der Waals surface area contributed by atoms with Crippen molar-refractivity contribution in [2.45, 2.75) is 31.6 Å². The van der Waals surface area contributed by atoms with Crippen LogP contribution in [0.4, 0.5) is 5.69 Å². The van der Waals surface area contributed by atoms with Crippen LogP contribution in [0, 0.1) is 11.8 Å². The molecule has 1 aliphatic rings. The highest BCUT2D eigenvalue weighted by atomic mass is 35.5. The van der Waals surface area contributed by atoms with Crippen LogP contribution >= 0.6 is 11.6 Å². The number of rotatable bonds is 7. The van der Waals surface area contributed by atoms with E-state index >= 15 is 0 Å². The number of piperidine rings is 1. The number of carbonyl (C=O) groups excluding carboxylic acids is 1. The molecule has 0 saturated carbocycles. The van der Waals surface area contributed by atoms with Crippen molar-refractivity contribution in [2.75, 3.05) is 25.0 Å². The summed E-state index contributed by atoms with van der Waals surface area (Å²) in [6.07, 6.45) is 0.947. The van der Waals surface area contributed by atoms with Crippen molar-refractivity contribution in [3.8, 4) is 5.75 Å². The van der Waals surface area contributed by atoms with Crippen LogP contribution in [0.25, 0.3) is 0 Å². The van der Waals surface area contributed by atoms with Gasteiger partial charge in [-0.1, -0.05) is 43.6 Å². The number of hydrogen-bond acceptors (Lipinski definition) is 4. The molecule has 8 heteroatoms.